The fraction of sp³-hybridized carbons (Fsp3) is 0.474. The molecule has 0 bridgehead atoms. The summed E-state index contributed by atoms with van der Waals surface area (Å²) < 4.78 is 59.3. The van der Waals surface area contributed by atoms with Gasteiger partial charge >= 0.3 is 6.18 Å². The van der Waals surface area contributed by atoms with Crippen molar-refractivity contribution in [1.82, 2.24) is 14.7 Å². The number of benzene rings is 1. The molecule has 1 fully saturated rings. The normalized spacial score (nSPS) is 18.2. The lowest BCUT2D eigenvalue weighted by Crippen LogP contribution is -2.39. The molecule has 1 unspecified atom stereocenters. The van der Waals surface area contributed by atoms with Gasteiger partial charge in [0.05, 0.1) is 36.6 Å². The van der Waals surface area contributed by atoms with E-state index in [1.165, 1.54) is 6.07 Å². The molecule has 1 aromatic carbocycles. The second-order valence-corrected chi connectivity index (χ2v) is 6.84. The lowest BCUT2D eigenvalue weighted by molar-refractivity contribution is -0.143. The molecule has 5 nitrogen and oxygen atoms in total. The third-order valence-corrected chi connectivity index (χ3v) is 4.89. The largest absolute Gasteiger partial charge is 0.408 e. The first-order valence-corrected chi connectivity index (χ1v) is 8.80. The van der Waals surface area contributed by atoms with E-state index in [2.05, 4.69) is 5.10 Å². The summed E-state index contributed by atoms with van der Waals surface area (Å²) in [5.41, 5.74) is 2.26. The van der Waals surface area contributed by atoms with Crippen LogP contribution >= 0.6 is 0 Å². The van der Waals surface area contributed by atoms with Gasteiger partial charge in [-0.1, -0.05) is 6.07 Å². The molecule has 150 valence electrons. The molecular weight excluding hydrogens is 376 g/mol. The van der Waals surface area contributed by atoms with Crippen molar-refractivity contribution in [3.05, 3.63) is 52.1 Å². The summed E-state index contributed by atoms with van der Waals surface area (Å²) in [6, 6.07) is 5.86. The first kappa shape index (κ1) is 20.3. The Labute approximate surface area is 160 Å². The zero-order chi connectivity index (χ0) is 20.5. The Morgan fingerprint density at radius 1 is 1.32 bits per heavy atom. The van der Waals surface area contributed by atoms with Gasteiger partial charge in [-0.05, 0) is 26.0 Å². The molecule has 3 rings (SSSR count). The number of nitrogens with zero attached hydrogens (tertiary/aromatic N) is 4. The average molecular weight is 396 g/mol. The van der Waals surface area contributed by atoms with Crippen LogP contribution in [0.5, 0.6) is 0 Å². The maximum absolute atomic E-state index is 14.3. The Hall–Kier alpha value is -2.44. The van der Waals surface area contributed by atoms with Crippen molar-refractivity contribution in [2.45, 2.75) is 39.2 Å². The fourth-order valence-corrected chi connectivity index (χ4v) is 3.57. The molecule has 28 heavy (non-hydrogen) atoms. The molecule has 1 aromatic heterocycles. The molecule has 2 aromatic rings. The zero-order valence-electron chi connectivity index (χ0n) is 15.6. The minimum absolute atomic E-state index is 0.236. The number of halogens is 4. The van der Waals surface area contributed by atoms with Crippen LogP contribution in [0.25, 0.3) is 0 Å². The molecule has 9 heteroatoms. The molecule has 0 N–H and O–H groups in total. The fourth-order valence-electron chi connectivity index (χ4n) is 3.57. The van der Waals surface area contributed by atoms with Gasteiger partial charge < -0.3 is 4.74 Å². The van der Waals surface area contributed by atoms with Crippen molar-refractivity contribution in [2.75, 3.05) is 19.8 Å². The zero-order valence-corrected chi connectivity index (χ0v) is 15.6. The van der Waals surface area contributed by atoms with Crippen LogP contribution in [0.3, 0.4) is 0 Å². The Morgan fingerprint density at radius 3 is 2.71 bits per heavy atom. The quantitative estimate of drug-likeness (QED) is 0.741. The Balaban J connectivity index is 1.89. The highest BCUT2D eigenvalue weighted by atomic mass is 19.4. The van der Waals surface area contributed by atoms with E-state index in [9.17, 15) is 17.6 Å². The summed E-state index contributed by atoms with van der Waals surface area (Å²) in [7, 11) is 0. The summed E-state index contributed by atoms with van der Waals surface area (Å²) in [6.45, 7) is 3.63. The van der Waals surface area contributed by atoms with Crippen LogP contribution in [0.1, 0.15) is 34.1 Å². The second-order valence-electron chi connectivity index (χ2n) is 6.84. The first-order valence-electron chi connectivity index (χ1n) is 8.80. The molecule has 1 saturated heterocycles. The van der Waals surface area contributed by atoms with E-state index in [1.807, 2.05) is 11.0 Å². The molecule has 0 spiro atoms. The minimum Gasteiger partial charge on any atom is -0.378 e. The number of hydrogen-bond donors (Lipinski definition) is 0. The molecule has 0 amide bonds. The summed E-state index contributed by atoms with van der Waals surface area (Å²) in [6.07, 6.45) is -4.37. The predicted octanol–water partition coefficient (Wildman–Crippen LogP) is 3.65. The highest BCUT2D eigenvalue weighted by Gasteiger charge is 2.34. The molecule has 2 heterocycles. The topological polar surface area (TPSA) is 54.1 Å². The van der Waals surface area contributed by atoms with E-state index < -0.39 is 18.5 Å². The third-order valence-electron chi connectivity index (χ3n) is 4.89. The van der Waals surface area contributed by atoms with E-state index in [4.69, 9.17) is 10.00 Å². The summed E-state index contributed by atoms with van der Waals surface area (Å²) >= 11 is 0. The minimum atomic E-state index is -4.37. The highest BCUT2D eigenvalue weighted by Crippen LogP contribution is 2.32. The summed E-state index contributed by atoms with van der Waals surface area (Å²) in [5, 5.41) is 12.9. The van der Waals surface area contributed by atoms with Gasteiger partial charge in [0, 0.05) is 29.9 Å². The van der Waals surface area contributed by atoms with Gasteiger partial charge in [0.15, 0.2) is 0 Å². The van der Waals surface area contributed by atoms with Crippen LogP contribution in [0.4, 0.5) is 17.6 Å². The first-order chi connectivity index (χ1) is 13.2. The smallest absolute Gasteiger partial charge is 0.378 e. The molecular formula is C19H20F4N4O. The lowest BCUT2D eigenvalue weighted by atomic mass is 10.0. The van der Waals surface area contributed by atoms with Crippen molar-refractivity contribution in [2.24, 2.45) is 0 Å². The van der Waals surface area contributed by atoms with E-state index >= 15 is 0 Å². The Kier molecular flexibility index (Phi) is 5.72. The van der Waals surface area contributed by atoms with Crippen molar-refractivity contribution in [3.8, 4) is 6.07 Å². The van der Waals surface area contributed by atoms with Crippen LogP contribution < -0.4 is 0 Å². The number of nitriles is 1. The van der Waals surface area contributed by atoms with E-state index in [-0.39, 0.29) is 24.8 Å². The van der Waals surface area contributed by atoms with Gasteiger partial charge in [-0.25, -0.2) is 4.39 Å². The Morgan fingerprint density at radius 2 is 2.07 bits per heavy atom. The van der Waals surface area contributed by atoms with Crippen LogP contribution in [-0.4, -0.2) is 40.6 Å². The van der Waals surface area contributed by atoms with E-state index in [1.54, 1.807) is 26.0 Å². The molecule has 1 atom stereocenters. The van der Waals surface area contributed by atoms with Crippen molar-refractivity contribution < 1.29 is 22.3 Å². The SMILES string of the molecule is Cc1nn(CC(F)(F)F)c(C)c1C1COCCN1Cc1ccc(C#N)cc1F. The van der Waals surface area contributed by atoms with Crippen molar-refractivity contribution in [1.29, 1.82) is 5.26 Å². The predicted molar refractivity (Wildman–Crippen MR) is 92.8 cm³/mol. The van der Waals surface area contributed by atoms with E-state index in [0.29, 0.717) is 35.7 Å². The van der Waals surface area contributed by atoms with Gasteiger partial charge in [-0.3, -0.25) is 9.58 Å². The van der Waals surface area contributed by atoms with Gasteiger partial charge in [0.2, 0.25) is 0 Å². The molecule has 0 saturated carbocycles. The number of rotatable bonds is 4. The lowest BCUT2D eigenvalue weighted by Gasteiger charge is -2.36. The molecule has 0 radical (unpaired) electrons. The molecule has 1 aliphatic heterocycles. The maximum Gasteiger partial charge on any atom is 0.408 e. The standard InChI is InChI=1S/C19H20F4N4O/c1-12-18(13(2)27(25-12)11-19(21,22)23)17-10-28-6-5-26(17)9-15-4-3-14(8-24)7-16(15)20/h3-4,7,17H,5-6,9-11H2,1-2H3. The van der Waals surface area contributed by atoms with Gasteiger partial charge in [-0.15, -0.1) is 0 Å². The number of aryl methyl sites for hydroxylation is 1. The van der Waals surface area contributed by atoms with E-state index in [0.717, 1.165) is 4.68 Å². The average Bonchev–Trinajstić information content (AvgIpc) is 2.89. The van der Waals surface area contributed by atoms with Gasteiger partial charge in [-0.2, -0.15) is 23.5 Å². The number of alkyl halides is 3. The van der Waals surface area contributed by atoms with Crippen LogP contribution in [-0.2, 0) is 17.8 Å². The van der Waals surface area contributed by atoms with Crippen LogP contribution in [0, 0.1) is 31.0 Å². The third kappa shape index (κ3) is 4.34. The maximum atomic E-state index is 14.3. The summed E-state index contributed by atoms with van der Waals surface area (Å²) in [5.74, 6) is -0.481. The van der Waals surface area contributed by atoms with Crippen molar-refractivity contribution in [3.63, 3.8) is 0 Å². The number of ether oxygens (including phenoxy) is 1. The van der Waals surface area contributed by atoms with Gasteiger partial charge in [0.25, 0.3) is 0 Å². The summed E-state index contributed by atoms with van der Waals surface area (Å²) in [4.78, 5) is 1.98. The van der Waals surface area contributed by atoms with Crippen LogP contribution in [0.15, 0.2) is 18.2 Å². The highest BCUT2D eigenvalue weighted by molar-refractivity contribution is 5.33. The monoisotopic (exact) mass is 396 g/mol. The van der Waals surface area contributed by atoms with Gasteiger partial charge in [0.1, 0.15) is 12.4 Å². The molecule has 0 aliphatic carbocycles. The number of aromatic nitrogens is 2. The number of morpholine rings is 1. The Bertz CT molecular complexity index is 901. The molecule has 1 aliphatic rings. The van der Waals surface area contributed by atoms with Crippen LogP contribution in [0.2, 0.25) is 0 Å². The van der Waals surface area contributed by atoms with Crippen molar-refractivity contribution >= 4 is 0 Å². The second kappa shape index (κ2) is 7.89. The number of hydrogen-bond acceptors (Lipinski definition) is 4.